The minimum Gasteiger partial charge on any atom is -0.389 e. The highest BCUT2D eigenvalue weighted by Gasteiger charge is 2.04. The number of carbonyl (C=O) groups is 1. The molecule has 4 N–H and O–H groups in total. The van der Waals surface area contributed by atoms with Crippen LogP contribution in [-0.4, -0.2) is 10.9 Å². The average molecular weight is 238 g/mol. The summed E-state index contributed by atoms with van der Waals surface area (Å²) in [5.41, 5.74) is 11.5. The van der Waals surface area contributed by atoms with E-state index in [0.29, 0.717) is 11.1 Å². The second-order valence-corrected chi connectivity index (χ2v) is 3.61. The number of hydrogen-bond donors (Lipinski definition) is 2. The van der Waals surface area contributed by atoms with Gasteiger partial charge in [0, 0.05) is 12.0 Å². The van der Waals surface area contributed by atoms with Crippen LogP contribution >= 0.6 is 12.2 Å². The average Bonchev–Trinajstić information content (AvgIpc) is 2.19. The summed E-state index contributed by atoms with van der Waals surface area (Å²) in [5, 5.41) is 0. The summed E-state index contributed by atoms with van der Waals surface area (Å²) in [6, 6.07) is 4.10. The van der Waals surface area contributed by atoms with Crippen LogP contribution in [0.4, 0.5) is 4.39 Å². The summed E-state index contributed by atoms with van der Waals surface area (Å²) in [6.07, 6.45) is 3.34. The van der Waals surface area contributed by atoms with E-state index in [0.717, 1.165) is 0 Å². The van der Waals surface area contributed by atoms with Crippen molar-refractivity contribution in [3.05, 3.63) is 41.2 Å². The lowest BCUT2D eigenvalue weighted by atomic mass is 10.1. The molecule has 1 rings (SSSR count). The first-order chi connectivity index (χ1) is 7.50. The molecule has 0 saturated carbocycles. The fourth-order valence-corrected chi connectivity index (χ4v) is 1.37. The summed E-state index contributed by atoms with van der Waals surface area (Å²) < 4.78 is 12.9. The molecule has 1 aromatic rings. The Hall–Kier alpha value is -1.75. The molecule has 3 nitrogen and oxygen atoms in total. The predicted octanol–water partition coefficient (Wildman–Crippen LogP) is 1.35. The highest BCUT2D eigenvalue weighted by atomic mass is 32.1. The van der Waals surface area contributed by atoms with Crippen molar-refractivity contribution in [2.24, 2.45) is 11.5 Å². The molecule has 0 fully saturated rings. The van der Waals surface area contributed by atoms with E-state index in [1.807, 2.05) is 0 Å². The standard InChI is InChI=1S/C11H11FN2OS/c12-8-5-4-7(2-1-3-10(13)15)9(6-8)11(14)16/h1-2,4-6H,3H2,(H2,13,15)(H2,14,16). The van der Waals surface area contributed by atoms with Crippen molar-refractivity contribution >= 4 is 29.2 Å². The molecular formula is C11H11FN2OS. The van der Waals surface area contributed by atoms with Gasteiger partial charge in [-0.2, -0.15) is 0 Å². The number of carbonyl (C=O) groups excluding carboxylic acids is 1. The molecule has 0 atom stereocenters. The first-order valence-corrected chi connectivity index (χ1v) is 4.95. The highest BCUT2D eigenvalue weighted by molar-refractivity contribution is 7.80. The fourth-order valence-electron chi connectivity index (χ4n) is 1.19. The van der Waals surface area contributed by atoms with Gasteiger partial charge in [0.05, 0.1) is 0 Å². The lowest BCUT2D eigenvalue weighted by Gasteiger charge is -2.03. The number of benzene rings is 1. The number of primary amides is 1. The van der Waals surface area contributed by atoms with E-state index in [4.69, 9.17) is 23.7 Å². The highest BCUT2D eigenvalue weighted by Crippen LogP contribution is 2.13. The van der Waals surface area contributed by atoms with Gasteiger partial charge in [-0.15, -0.1) is 0 Å². The van der Waals surface area contributed by atoms with Gasteiger partial charge >= 0.3 is 0 Å². The van der Waals surface area contributed by atoms with Crippen LogP contribution in [0.3, 0.4) is 0 Å². The Kier molecular flexibility index (Phi) is 4.13. The van der Waals surface area contributed by atoms with Gasteiger partial charge in [0.25, 0.3) is 0 Å². The SMILES string of the molecule is NC(=O)CC=Cc1ccc(F)cc1C(N)=S. The molecule has 0 radical (unpaired) electrons. The summed E-state index contributed by atoms with van der Waals surface area (Å²) in [5.74, 6) is -0.843. The minimum atomic E-state index is -0.435. The largest absolute Gasteiger partial charge is 0.389 e. The molecular weight excluding hydrogens is 227 g/mol. The normalized spacial score (nSPS) is 10.6. The lowest BCUT2D eigenvalue weighted by Crippen LogP contribution is -2.11. The van der Waals surface area contributed by atoms with Crippen LogP contribution in [-0.2, 0) is 4.79 Å². The number of rotatable bonds is 4. The Balaban J connectivity index is 2.99. The summed E-state index contributed by atoms with van der Waals surface area (Å²) >= 11 is 4.80. The smallest absolute Gasteiger partial charge is 0.221 e. The molecule has 84 valence electrons. The van der Waals surface area contributed by atoms with Gasteiger partial charge in [0.15, 0.2) is 0 Å². The number of thiocarbonyl (C=S) groups is 1. The third-order valence-corrected chi connectivity index (χ3v) is 2.12. The van der Waals surface area contributed by atoms with Gasteiger partial charge in [-0.05, 0) is 17.7 Å². The van der Waals surface area contributed by atoms with Crippen molar-refractivity contribution in [1.29, 1.82) is 0 Å². The molecule has 0 aliphatic rings. The van der Waals surface area contributed by atoms with Gasteiger partial charge in [-0.1, -0.05) is 30.4 Å². The van der Waals surface area contributed by atoms with Crippen molar-refractivity contribution in [3.63, 3.8) is 0 Å². The second-order valence-electron chi connectivity index (χ2n) is 3.17. The number of hydrogen-bond acceptors (Lipinski definition) is 2. The Morgan fingerprint density at radius 2 is 2.12 bits per heavy atom. The predicted molar refractivity (Wildman–Crippen MR) is 65.1 cm³/mol. The van der Waals surface area contributed by atoms with Crippen LogP contribution in [0, 0.1) is 5.82 Å². The van der Waals surface area contributed by atoms with Crippen LogP contribution in [0.2, 0.25) is 0 Å². The maximum absolute atomic E-state index is 12.9. The molecule has 0 bridgehead atoms. The van der Waals surface area contributed by atoms with E-state index >= 15 is 0 Å². The first kappa shape index (κ1) is 12.3. The third-order valence-electron chi connectivity index (χ3n) is 1.90. The van der Waals surface area contributed by atoms with Crippen molar-refractivity contribution in [1.82, 2.24) is 0 Å². The first-order valence-electron chi connectivity index (χ1n) is 4.55. The lowest BCUT2D eigenvalue weighted by molar-refractivity contribution is -0.117. The van der Waals surface area contributed by atoms with Crippen LogP contribution in [0.5, 0.6) is 0 Å². The number of nitrogens with two attached hydrogens (primary N) is 2. The minimum absolute atomic E-state index is 0.109. The molecule has 1 amide bonds. The molecule has 5 heteroatoms. The summed E-state index contributed by atoms with van der Waals surface area (Å²) in [7, 11) is 0. The van der Waals surface area contributed by atoms with Gasteiger partial charge in [0.1, 0.15) is 10.8 Å². The molecule has 0 spiro atoms. The Bertz CT molecular complexity index is 457. The monoisotopic (exact) mass is 238 g/mol. The van der Waals surface area contributed by atoms with E-state index in [-0.39, 0.29) is 11.4 Å². The van der Waals surface area contributed by atoms with E-state index < -0.39 is 11.7 Å². The maximum Gasteiger partial charge on any atom is 0.221 e. The Morgan fingerprint density at radius 1 is 1.44 bits per heavy atom. The molecule has 0 heterocycles. The topological polar surface area (TPSA) is 69.1 Å². The molecule has 0 aromatic heterocycles. The van der Waals surface area contributed by atoms with Gasteiger partial charge in [-0.25, -0.2) is 4.39 Å². The summed E-state index contributed by atoms with van der Waals surface area (Å²) in [6.45, 7) is 0. The third kappa shape index (κ3) is 3.43. The van der Waals surface area contributed by atoms with Crippen molar-refractivity contribution in [2.75, 3.05) is 0 Å². The van der Waals surface area contributed by atoms with Crippen molar-refractivity contribution in [3.8, 4) is 0 Å². The number of amides is 1. The second kappa shape index (κ2) is 5.37. The van der Waals surface area contributed by atoms with E-state index in [2.05, 4.69) is 0 Å². The summed E-state index contributed by atoms with van der Waals surface area (Å²) in [4.78, 5) is 10.6. The Morgan fingerprint density at radius 3 is 2.69 bits per heavy atom. The molecule has 0 saturated heterocycles. The molecule has 0 aliphatic heterocycles. The zero-order valence-electron chi connectivity index (χ0n) is 8.44. The van der Waals surface area contributed by atoms with Crippen LogP contribution in [0.1, 0.15) is 17.5 Å². The fraction of sp³-hybridized carbons (Fsp3) is 0.0909. The molecule has 0 aliphatic carbocycles. The molecule has 0 unspecified atom stereocenters. The van der Waals surface area contributed by atoms with E-state index in [1.165, 1.54) is 12.1 Å². The zero-order chi connectivity index (χ0) is 12.1. The van der Waals surface area contributed by atoms with Crippen molar-refractivity contribution in [2.45, 2.75) is 6.42 Å². The number of halogens is 1. The van der Waals surface area contributed by atoms with Crippen molar-refractivity contribution < 1.29 is 9.18 Å². The van der Waals surface area contributed by atoms with Gasteiger partial charge in [-0.3, -0.25) is 4.79 Å². The quantitative estimate of drug-likeness (QED) is 0.778. The molecule has 1 aromatic carbocycles. The van der Waals surface area contributed by atoms with Crippen LogP contribution < -0.4 is 11.5 Å². The molecule has 16 heavy (non-hydrogen) atoms. The van der Waals surface area contributed by atoms with E-state index in [9.17, 15) is 9.18 Å². The zero-order valence-corrected chi connectivity index (χ0v) is 9.26. The van der Waals surface area contributed by atoms with E-state index in [1.54, 1.807) is 18.2 Å². The maximum atomic E-state index is 12.9. The van der Waals surface area contributed by atoms with Gasteiger partial charge < -0.3 is 11.5 Å². The van der Waals surface area contributed by atoms with Crippen LogP contribution in [0.15, 0.2) is 24.3 Å². The Labute approximate surface area is 97.9 Å². The van der Waals surface area contributed by atoms with Gasteiger partial charge in [0.2, 0.25) is 5.91 Å². The van der Waals surface area contributed by atoms with Crippen LogP contribution in [0.25, 0.3) is 6.08 Å².